The van der Waals surface area contributed by atoms with E-state index >= 15 is 0 Å². The molecule has 3 nitrogen and oxygen atoms in total. The molecule has 0 radical (unpaired) electrons. The van der Waals surface area contributed by atoms with Gasteiger partial charge in [-0.05, 0) is 60.9 Å². The zero-order valence-corrected chi connectivity index (χ0v) is 14.4. The molecular formula is C16H26BrN3. The molecule has 112 valence electrons. The summed E-state index contributed by atoms with van der Waals surface area (Å²) in [6.07, 6.45) is 7.18. The molecule has 1 aromatic rings. The number of halogens is 1. The van der Waals surface area contributed by atoms with Gasteiger partial charge in [-0.2, -0.15) is 0 Å². The minimum Gasteiger partial charge on any atom is -0.309 e. The molecule has 0 amide bonds. The average Bonchev–Trinajstić information content (AvgIpc) is 2.41. The molecule has 1 aliphatic rings. The molecule has 2 rings (SSSR count). The number of aromatic nitrogens is 1. The van der Waals surface area contributed by atoms with E-state index in [0.717, 1.165) is 29.2 Å². The van der Waals surface area contributed by atoms with Crippen molar-refractivity contribution in [2.75, 3.05) is 20.6 Å². The van der Waals surface area contributed by atoms with Gasteiger partial charge in [-0.1, -0.05) is 19.8 Å². The van der Waals surface area contributed by atoms with Gasteiger partial charge in [0.25, 0.3) is 0 Å². The van der Waals surface area contributed by atoms with Crippen molar-refractivity contribution in [3.8, 4) is 0 Å². The predicted molar refractivity (Wildman–Crippen MR) is 87.7 cm³/mol. The Morgan fingerprint density at radius 2 is 2.25 bits per heavy atom. The van der Waals surface area contributed by atoms with Crippen LogP contribution in [0.15, 0.2) is 22.8 Å². The number of hydrogen-bond donors (Lipinski definition) is 1. The van der Waals surface area contributed by atoms with Gasteiger partial charge in [-0.3, -0.25) is 4.98 Å². The van der Waals surface area contributed by atoms with Crippen LogP contribution in [0.1, 0.15) is 38.3 Å². The molecule has 1 aromatic heterocycles. The number of nitrogens with one attached hydrogen (secondary N) is 1. The smallest absolute Gasteiger partial charge is 0.0542 e. The van der Waals surface area contributed by atoms with Crippen molar-refractivity contribution < 1.29 is 0 Å². The Labute approximate surface area is 131 Å². The molecule has 1 fully saturated rings. The molecule has 0 spiro atoms. The summed E-state index contributed by atoms with van der Waals surface area (Å²) in [4.78, 5) is 6.84. The molecule has 2 unspecified atom stereocenters. The van der Waals surface area contributed by atoms with E-state index in [0.29, 0.717) is 5.54 Å². The lowest BCUT2D eigenvalue weighted by Crippen LogP contribution is -2.54. The molecule has 20 heavy (non-hydrogen) atoms. The fourth-order valence-electron chi connectivity index (χ4n) is 3.29. The first kappa shape index (κ1) is 15.9. The summed E-state index contributed by atoms with van der Waals surface area (Å²) < 4.78 is 1.03. The summed E-state index contributed by atoms with van der Waals surface area (Å²) in [7, 11) is 4.44. The zero-order valence-electron chi connectivity index (χ0n) is 12.8. The van der Waals surface area contributed by atoms with Crippen molar-refractivity contribution in [1.82, 2.24) is 15.2 Å². The first-order valence-corrected chi connectivity index (χ1v) is 8.30. The minimum atomic E-state index is 0.313. The van der Waals surface area contributed by atoms with Crippen LogP contribution in [0, 0.1) is 5.92 Å². The molecule has 0 aromatic carbocycles. The van der Waals surface area contributed by atoms with Crippen molar-refractivity contribution >= 4 is 15.9 Å². The Morgan fingerprint density at radius 1 is 1.45 bits per heavy atom. The van der Waals surface area contributed by atoms with Crippen LogP contribution in [0.25, 0.3) is 0 Å². The first-order valence-electron chi connectivity index (χ1n) is 7.50. The van der Waals surface area contributed by atoms with Gasteiger partial charge in [-0.25, -0.2) is 0 Å². The van der Waals surface area contributed by atoms with Crippen molar-refractivity contribution in [3.05, 3.63) is 28.5 Å². The second-order valence-corrected chi connectivity index (χ2v) is 7.31. The van der Waals surface area contributed by atoms with Gasteiger partial charge in [0.2, 0.25) is 0 Å². The fraction of sp³-hybridized carbons (Fsp3) is 0.688. The highest BCUT2D eigenvalue weighted by Gasteiger charge is 2.36. The molecule has 0 aliphatic heterocycles. The Morgan fingerprint density at radius 3 is 2.85 bits per heavy atom. The summed E-state index contributed by atoms with van der Waals surface area (Å²) >= 11 is 3.42. The van der Waals surface area contributed by atoms with Gasteiger partial charge in [0, 0.05) is 29.3 Å². The average molecular weight is 340 g/mol. The minimum absolute atomic E-state index is 0.313. The normalized spacial score (nSPS) is 26.9. The third kappa shape index (κ3) is 4.03. The first-order chi connectivity index (χ1) is 9.52. The Kier molecular flexibility index (Phi) is 5.58. The van der Waals surface area contributed by atoms with Gasteiger partial charge in [0.05, 0.1) is 5.69 Å². The van der Waals surface area contributed by atoms with Gasteiger partial charge in [0.15, 0.2) is 0 Å². The molecule has 1 heterocycles. The summed E-state index contributed by atoms with van der Waals surface area (Å²) in [5.74, 6) is 0.832. The second-order valence-electron chi connectivity index (χ2n) is 6.39. The predicted octanol–water partition coefficient (Wildman–Crippen LogP) is 3.44. The SMILES string of the molecule is CC1CCCC(CNCc2ccc(Br)cn2)(N(C)C)C1. The lowest BCUT2D eigenvalue weighted by Gasteiger charge is -2.45. The van der Waals surface area contributed by atoms with E-state index in [2.05, 4.69) is 64.3 Å². The lowest BCUT2D eigenvalue weighted by molar-refractivity contribution is 0.0749. The molecule has 1 aliphatic carbocycles. The third-order valence-corrected chi connectivity index (χ3v) is 5.03. The van der Waals surface area contributed by atoms with E-state index in [1.54, 1.807) is 0 Å². The molecule has 4 heteroatoms. The number of likely N-dealkylation sites (N-methyl/N-ethyl adjacent to an activating group) is 1. The van der Waals surface area contributed by atoms with Crippen molar-refractivity contribution in [2.24, 2.45) is 5.92 Å². The topological polar surface area (TPSA) is 28.2 Å². The van der Waals surface area contributed by atoms with E-state index in [9.17, 15) is 0 Å². The van der Waals surface area contributed by atoms with Crippen LogP contribution in [0.5, 0.6) is 0 Å². The van der Waals surface area contributed by atoms with E-state index in [4.69, 9.17) is 0 Å². The van der Waals surface area contributed by atoms with E-state index in [1.165, 1.54) is 25.7 Å². The summed E-state index contributed by atoms with van der Waals surface area (Å²) in [5, 5.41) is 3.61. The van der Waals surface area contributed by atoms with Crippen LogP contribution < -0.4 is 5.32 Å². The number of rotatable bonds is 5. The van der Waals surface area contributed by atoms with Crippen molar-refractivity contribution in [2.45, 2.75) is 44.7 Å². The van der Waals surface area contributed by atoms with Crippen LogP contribution in [0.4, 0.5) is 0 Å². The quantitative estimate of drug-likeness (QED) is 0.890. The van der Waals surface area contributed by atoms with Crippen molar-refractivity contribution in [1.29, 1.82) is 0 Å². The van der Waals surface area contributed by atoms with Gasteiger partial charge in [-0.15, -0.1) is 0 Å². The van der Waals surface area contributed by atoms with Crippen LogP contribution >= 0.6 is 15.9 Å². The molecule has 2 atom stereocenters. The van der Waals surface area contributed by atoms with Crippen LogP contribution in [-0.4, -0.2) is 36.1 Å². The summed E-state index contributed by atoms with van der Waals surface area (Å²) in [6, 6.07) is 4.12. The van der Waals surface area contributed by atoms with Gasteiger partial charge >= 0.3 is 0 Å². The molecule has 1 saturated carbocycles. The van der Waals surface area contributed by atoms with E-state index < -0.39 is 0 Å². The Hall–Kier alpha value is -0.450. The fourth-order valence-corrected chi connectivity index (χ4v) is 3.53. The van der Waals surface area contributed by atoms with Gasteiger partial charge in [0.1, 0.15) is 0 Å². The maximum absolute atomic E-state index is 4.42. The molecule has 0 bridgehead atoms. The molecular weight excluding hydrogens is 314 g/mol. The number of hydrogen-bond acceptors (Lipinski definition) is 3. The lowest BCUT2D eigenvalue weighted by atomic mass is 9.75. The highest BCUT2D eigenvalue weighted by Crippen LogP contribution is 2.35. The third-order valence-electron chi connectivity index (χ3n) is 4.56. The Balaban J connectivity index is 1.91. The second kappa shape index (κ2) is 7.01. The highest BCUT2D eigenvalue weighted by molar-refractivity contribution is 9.10. The van der Waals surface area contributed by atoms with Crippen LogP contribution in [0.3, 0.4) is 0 Å². The standard InChI is InChI=1S/C16H26BrN3/c1-13-5-4-8-16(9-13,20(2)3)12-18-11-15-7-6-14(17)10-19-15/h6-7,10,13,18H,4-5,8-9,11-12H2,1-3H3. The van der Waals surface area contributed by atoms with Gasteiger partial charge < -0.3 is 10.2 Å². The maximum atomic E-state index is 4.42. The Bertz CT molecular complexity index is 418. The number of pyridine rings is 1. The zero-order chi connectivity index (χ0) is 14.6. The largest absolute Gasteiger partial charge is 0.309 e. The summed E-state index contributed by atoms with van der Waals surface area (Å²) in [6.45, 7) is 4.27. The molecule has 0 saturated heterocycles. The van der Waals surface area contributed by atoms with Crippen molar-refractivity contribution in [3.63, 3.8) is 0 Å². The van der Waals surface area contributed by atoms with Crippen LogP contribution in [0.2, 0.25) is 0 Å². The summed E-state index contributed by atoms with van der Waals surface area (Å²) in [5.41, 5.74) is 1.42. The number of nitrogens with zero attached hydrogens (tertiary/aromatic N) is 2. The van der Waals surface area contributed by atoms with E-state index in [-0.39, 0.29) is 0 Å². The monoisotopic (exact) mass is 339 g/mol. The van der Waals surface area contributed by atoms with Crippen LogP contribution in [-0.2, 0) is 6.54 Å². The maximum Gasteiger partial charge on any atom is 0.0542 e. The highest BCUT2D eigenvalue weighted by atomic mass is 79.9. The molecule has 1 N–H and O–H groups in total. The van der Waals surface area contributed by atoms with E-state index in [1.807, 2.05) is 6.20 Å².